The summed E-state index contributed by atoms with van der Waals surface area (Å²) >= 11 is 0. The molecule has 2 unspecified atom stereocenters. The van der Waals surface area contributed by atoms with E-state index in [2.05, 4.69) is 10.6 Å². The number of carbonyl (C=O) groups excluding carboxylic acids is 3. The second-order valence-corrected chi connectivity index (χ2v) is 5.62. The van der Waals surface area contributed by atoms with Crippen LogP contribution in [0.25, 0.3) is 0 Å². The van der Waals surface area contributed by atoms with E-state index in [0.717, 1.165) is 17.9 Å². The van der Waals surface area contributed by atoms with Crippen molar-refractivity contribution in [2.75, 3.05) is 18.9 Å². The van der Waals surface area contributed by atoms with E-state index in [1.165, 1.54) is 7.05 Å². The standard InChI is InChI=1S/C15H17N3O3/c1-8-5-6-16-12(8)13(19)17-9-3-4-10-11(7-9)15(21)18(2)14(10)20/h3-4,7-8,12,16H,5-6H2,1-2H3,(H,17,19). The van der Waals surface area contributed by atoms with Gasteiger partial charge in [0, 0.05) is 12.7 Å². The average molecular weight is 287 g/mol. The zero-order chi connectivity index (χ0) is 15.1. The minimum absolute atomic E-state index is 0.106. The molecule has 0 spiro atoms. The summed E-state index contributed by atoms with van der Waals surface area (Å²) in [5, 5.41) is 5.97. The van der Waals surface area contributed by atoms with Crippen molar-refractivity contribution in [3.63, 3.8) is 0 Å². The molecule has 6 nitrogen and oxygen atoms in total. The van der Waals surface area contributed by atoms with Gasteiger partial charge in [-0.2, -0.15) is 0 Å². The van der Waals surface area contributed by atoms with Crippen LogP contribution in [-0.4, -0.2) is 42.3 Å². The minimum Gasteiger partial charge on any atom is -0.325 e. The van der Waals surface area contributed by atoms with Crippen LogP contribution in [0, 0.1) is 5.92 Å². The summed E-state index contributed by atoms with van der Waals surface area (Å²) in [5.41, 5.74) is 1.26. The Bertz CT molecular complexity index is 641. The number of anilines is 1. The largest absolute Gasteiger partial charge is 0.325 e. The smallest absolute Gasteiger partial charge is 0.261 e. The second kappa shape index (κ2) is 4.96. The number of carbonyl (C=O) groups is 3. The lowest BCUT2D eigenvalue weighted by molar-refractivity contribution is -0.118. The fraction of sp³-hybridized carbons (Fsp3) is 0.400. The Morgan fingerprint density at radius 3 is 2.67 bits per heavy atom. The van der Waals surface area contributed by atoms with Gasteiger partial charge in [-0.25, -0.2) is 0 Å². The molecule has 2 heterocycles. The third-order valence-electron chi connectivity index (χ3n) is 4.17. The number of nitrogens with zero attached hydrogens (tertiary/aromatic N) is 1. The number of hydrogen-bond acceptors (Lipinski definition) is 4. The van der Waals surface area contributed by atoms with Crippen LogP contribution in [0.15, 0.2) is 18.2 Å². The fourth-order valence-corrected chi connectivity index (χ4v) is 2.84. The van der Waals surface area contributed by atoms with E-state index in [1.54, 1.807) is 18.2 Å². The summed E-state index contributed by atoms with van der Waals surface area (Å²) in [6.07, 6.45) is 0.972. The maximum atomic E-state index is 12.2. The molecule has 3 amide bonds. The summed E-state index contributed by atoms with van der Waals surface area (Å²) in [5.74, 6) is -0.462. The number of imide groups is 1. The van der Waals surface area contributed by atoms with Gasteiger partial charge in [0.2, 0.25) is 5.91 Å². The molecule has 110 valence electrons. The molecule has 6 heteroatoms. The van der Waals surface area contributed by atoms with Crippen LogP contribution >= 0.6 is 0 Å². The molecule has 0 aromatic heterocycles. The topological polar surface area (TPSA) is 78.5 Å². The number of nitrogens with one attached hydrogen (secondary N) is 2. The van der Waals surface area contributed by atoms with Crippen LogP contribution in [0.5, 0.6) is 0 Å². The highest BCUT2D eigenvalue weighted by Crippen LogP contribution is 2.25. The van der Waals surface area contributed by atoms with Crippen LogP contribution in [0.4, 0.5) is 5.69 Å². The number of rotatable bonds is 2. The van der Waals surface area contributed by atoms with Crippen LogP contribution < -0.4 is 10.6 Å². The predicted octanol–water partition coefficient (Wildman–Crippen LogP) is 0.849. The van der Waals surface area contributed by atoms with Crippen molar-refractivity contribution in [2.24, 2.45) is 5.92 Å². The van der Waals surface area contributed by atoms with E-state index in [1.807, 2.05) is 6.92 Å². The first kappa shape index (κ1) is 13.8. The third kappa shape index (κ3) is 2.21. The number of amides is 3. The Balaban J connectivity index is 1.81. The molecule has 0 aliphatic carbocycles. The highest BCUT2D eigenvalue weighted by molar-refractivity contribution is 6.21. The first-order chi connectivity index (χ1) is 9.99. The van der Waals surface area contributed by atoms with Gasteiger partial charge in [-0.3, -0.25) is 19.3 Å². The lowest BCUT2D eigenvalue weighted by Gasteiger charge is -2.15. The minimum atomic E-state index is -0.335. The summed E-state index contributed by atoms with van der Waals surface area (Å²) in [7, 11) is 1.45. The van der Waals surface area contributed by atoms with Gasteiger partial charge in [0.15, 0.2) is 0 Å². The van der Waals surface area contributed by atoms with E-state index in [9.17, 15) is 14.4 Å². The van der Waals surface area contributed by atoms with Gasteiger partial charge in [-0.1, -0.05) is 6.92 Å². The van der Waals surface area contributed by atoms with Crippen LogP contribution in [0.2, 0.25) is 0 Å². The van der Waals surface area contributed by atoms with Gasteiger partial charge < -0.3 is 10.6 Å². The number of hydrogen-bond donors (Lipinski definition) is 2. The van der Waals surface area contributed by atoms with Gasteiger partial charge in [0.25, 0.3) is 11.8 Å². The van der Waals surface area contributed by atoms with E-state index >= 15 is 0 Å². The summed E-state index contributed by atoms with van der Waals surface area (Å²) in [6.45, 7) is 2.87. The van der Waals surface area contributed by atoms with E-state index in [4.69, 9.17) is 0 Å². The van der Waals surface area contributed by atoms with Crippen molar-refractivity contribution >= 4 is 23.4 Å². The molecule has 21 heavy (non-hydrogen) atoms. The Morgan fingerprint density at radius 2 is 2.00 bits per heavy atom. The molecule has 0 bridgehead atoms. The lowest BCUT2D eigenvalue weighted by Crippen LogP contribution is -2.39. The Kier molecular flexibility index (Phi) is 3.25. The van der Waals surface area contributed by atoms with Crippen molar-refractivity contribution in [3.05, 3.63) is 29.3 Å². The van der Waals surface area contributed by atoms with E-state index < -0.39 is 0 Å². The highest BCUT2D eigenvalue weighted by atomic mass is 16.2. The van der Waals surface area contributed by atoms with Crippen molar-refractivity contribution < 1.29 is 14.4 Å². The summed E-state index contributed by atoms with van der Waals surface area (Å²) < 4.78 is 0. The molecule has 2 aliphatic heterocycles. The highest BCUT2D eigenvalue weighted by Gasteiger charge is 2.33. The van der Waals surface area contributed by atoms with Crippen LogP contribution in [0.1, 0.15) is 34.1 Å². The lowest BCUT2D eigenvalue weighted by atomic mass is 10.0. The summed E-state index contributed by atoms with van der Waals surface area (Å²) in [6, 6.07) is 4.59. The van der Waals surface area contributed by atoms with E-state index in [-0.39, 0.29) is 29.7 Å². The zero-order valence-corrected chi connectivity index (χ0v) is 12.0. The quantitative estimate of drug-likeness (QED) is 0.790. The second-order valence-electron chi connectivity index (χ2n) is 5.62. The molecule has 0 saturated carbocycles. The molecule has 1 aromatic rings. The third-order valence-corrected chi connectivity index (χ3v) is 4.17. The molecule has 1 saturated heterocycles. The molecule has 2 aliphatic rings. The van der Waals surface area contributed by atoms with Crippen molar-refractivity contribution in [2.45, 2.75) is 19.4 Å². The molecule has 1 aromatic carbocycles. The van der Waals surface area contributed by atoms with Crippen molar-refractivity contribution in [3.8, 4) is 0 Å². The molecular formula is C15H17N3O3. The van der Waals surface area contributed by atoms with E-state index in [0.29, 0.717) is 16.8 Å². The predicted molar refractivity (Wildman–Crippen MR) is 77.1 cm³/mol. The molecule has 2 atom stereocenters. The summed E-state index contributed by atoms with van der Waals surface area (Å²) in [4.78, 5) is 37.0. The number of benzene rings is 1. The van der Waals surface area contributed by atoms with Crippen LogP contribution in [-0.2, 0) is 4.79 Å². The fourth-order valence-electron chi connectivity index (χ4n) is 2.84. The average Bonchev–Trinajstić information content (AvgIpc) is 2.98. The maximum absolute atomic E-state index is 12.2. The molecule has 0 radical (unpaired) electrons. The molecule has 2 N–H and O–H groups in total. The van der Waals surface area contributed by atoms with Crippen molar-refractivity contribution in [1.29, 1.82) is 0 Å². The molecule has 3 rings (SSSR count). The SMILES string of the molecule is CC1CCNC1C(=O)Nc1ccc2c(c1)C(=O)N(C)C2=O. The normalized spacial score (nSPS) is 24.4. The van der Waals surface area contributed by atoms with Gasteiger partial charge >= 0.3 is 0 Å². The molecule has 1 fully saturated rings. The van der Waals surface area contributed by atoms with Gasteiger partial charge in [-0.05, 0) is 37.1 Å². The zero-order valence-electron chi connectivity index (χ0n) is 12.0. The monoisotopic (exact) mass is 287 g/mol. The Hall–Kier alpha value is -2.21. The molecular weight excluding hydrogens is 270 g/mol. The van der Waals surface area contributed by atoms with Crippen LogP contribution in [0.3, 0.4) is 0 Å². The van der Waals surface area contributed by atoms with Crippen molar-refractivity contribution in [1.82, 2.24) is 10.2 Å². The van der Waals surface area contributed by atoms with Gasteiger partial charge in [0.1, 0.15) is 0 Å². The first-order valence-corrected chi connectivity index (χ1v) is 6.99. The Morgan fingerprint density at radius 1 is 1.29 bits per heavy atom. The number of fused-ring (bicyclic) bond motifs is 1. The van der Waals surface area contributed by atoms with Gasteiger partial charge in [0.05, 0.1) is 17.2 Å². The first-order valence-electron chi connectivity index (χ1n) is 6.99. The Labute approximate surface area is 122 Å². The maximum Gasteiger partial charge on any atom is 0.261 e. The van der Waals surface area contributed by atoms with Gasteiger partial charge in [-0.15, -0.1) is 0 Å².